The zero-order valence-electron chi connectivity index (χ0n) is 11.2. The molecule has 0 spiro atoms. The molecule has 2 nitrogen and oxygen atoms in total. The number of aliphatic hydroxyl groups is 1. The molecule has 1 aliphatic carbocycles. The average molecular weight is 288 g/mol. The molecule has 1 aromatic heterocycles. The van der Waals surface area contributed by atoms with E-state index in [1.807, 2.05) is 11.4 Å². The van der Waals surface area contributed by atoms with Gasteiger partial charge in [0.2, 0.25) is 0 Å². The molecule has 18 heavy (non-hydrogen) atoms. The van der Waals surface area contributed by atoms with Crippen molar-refractivity contribution in [3.63, 3.8) is 0 Å². The van der Waals surface area contributed by atoms with Crippen LogP contribution in [0.2, 0.25) is 5.02 Å². The second kappa shape index (κ2) is 5.91. The van der Waals surface area contributed by atoms with E-state index in [9.17, 15) is 5.11 Å². The van der Waals surface area contributed by atoms with Gasteiger partial charge in [-0.2, -0.15) is 0 Å². The molecule has 102 valence electrons. The smallest absolute Gasteiger partial charge is 0.108 e. The van der Waals surface area contributed by atoms with Gasteiger partial charge in [0, 0.05) is 0 Å². The molecule has 0 aliphatic heterocycles. The van der Waals surface area contributed by atoms with Crippen LogP contribution in [0.25, 0.3) is 0 Å². The van der Waals surface area contributed by atoms with Crippen molar-refractivity contribution in [3.8, 4) is 0 Å². The van der Waals surface area contributed by atoms with Crippen LogP contribution in [0.5, 0.6) is 0 Å². The van der Waals surface area contributed by atoms with Crippen LogP contribution in [0.3, 0.4) is 0 Å². The second-order valence-electron chi connectivity index (χ2n) is 5.02. The SMILES string of the molecule is CCN(CC)C1(C(O)c2sccc2Cl)CCCC1. The number of hydrogen-bond acceptors (Lipinski definition) is 3. The van der Waals surface area contributed by atoms with E-state index in [-0.39, 0.29) is 5.54 Å². The molecule has 0 amide bonds. The third kappa shape index (κ3) is 2.34. The van der Waals surface area contributed by atoms with Gasteiger partial charge in [0.25, 0.3) is 0 Å². The van der Waals surface area contributed by atoms with Crippen molar-refractivity contribution in [1.82, 2.24) is 4.90 Å². The number of nitrogens with zero attached hydrogens (tertiary/aromatic N) is 1. The number of likely N-dealkylation sites (N-methyl/N-ethyl adjacent to an activating group) is 1. The molecule has 0 saturated heterocycles. The third-order valence-corrected chi connectivity index (χ3v) is 5.68. The van der Waals surface area contributed by atoms with Crippen LogP contribution >= 0.6 is 22.9 Å². The van der Waals surface area contributed by atoms with Crippen molar-refractivity contribution in [2.75, 3.05) is 13.1 Å². The van der Waals surface area contributed by atoms with Crippen molar-refractivity contribution in [3.05, 3.63) is 21.3 Å². The molecule has 1 fully saturated rings. The summed E-state index contributed by atoms with van der Waals surface area (Å²) in [7, 11) is 0. The number of rotatable bonds is 5. The number of hydrogen-bond donors (Lipinski definition) is 1. The van der Waals surface area contributed by atoms with Gasteiger partial charge in [-0.1, -0.05) is 38.3 Å². The predicted octanol–water partition coefficient (Wildman–Crippen LogP) is 4.09. The fourth-order valence-electron chi connectivity index (χ4n) is 3.35. The largest absolute Gasteiger partial charge is 0.386 e. The highest BCUT2D eigenvalue weighted by Gasteiger charge is 2.45. The van der Waals surface area contributed by atoms with Crippen LogP contribution < -0.4 is 0 Å². The molecule has 1 aromatic rings. The Hall–Kier alpha value is -0.0900. The van der Waals surface area contributed by atoms with Crippen LogP contribution in [0.1, 0.15) is 50.5 Å². The fourth-order valence-corrected chi connectivity index (χ4v) is 4.60. The van der Waals surface area contributed by atoms with Gasteiger partial charge < -0.3 is 5.11 Å². The van der Waals surface area contributed by atoms with Crippen LogP contribution in [-0.4, -0.2) is 28.6 Å². The van der Waals surface area contributed by atoms with Crippen LogP contribution in [0, 0.1) is 0 Å². The number of aliphatic hydroxyl groups excluding tert-OH is 1. The fraction of sp³-hybridized carbons (Fsp3) is 0.714. The van der Waals surface area contributed by atoms with E-state index in [2.05, 4.69) is 18.7 Å². The van der Waals surface area contributed by atoms with Gasteiger partial charge in [0.15, 0.2) is 0 Å². The standard InChI is InChI=1S/C14H22ClNOS/c1-3-16(4-2)14(8-5-6-9-14)13(17)12-11(15)7-10-18-12/h7,10,13,17H,3-6,8-9H2,1-2H3. The first-order chi connectivity index (χ1) is 8.65. The molecule has 1 saturated carbocycles. The maximum atomic E-state index is 10.9. The monoisotopic (exact) mass is 287 g/mol. The first kappa shape index (κ1) is 14.3. The lowest BCUT2D eigenvalue weighted by molar-refractivity contribution is -0.0249. The van der Waals surface area contributed by atoms with Crippen molar-refractivity contribution >= 4 is 22.9 Å². The molecule has 0 aromatic carbocycles. The summed E-state index contributed by atoms with van der Waals surface area (Å²) in [5.41, 5.74) is -0.0992. The Morgan fingerprint density at radius 3 is 2.44 bits per heavy atom. The summed E-state index contributed by atoms with van der Waals surface area (Å²) in [6.07, 6.45) is 4.11. The van der Waals surface area contributed by atoms with E-state index in [0.29, 0.717) is 5.02 Å². The van der Waals surface area contributed by atoms with E-state index in [0.717, 1.165) is 30.8 Å². The van der Waals surface area contributed by atoms with Crippen molar-refractivity contribution in [1.29, 1.82) is 0 Å². The Morgan fingerprint density at radius 2 is 2.00 bits per heavy atom. The highest BCUT2D eigenvalue weighted by molar-refractivity contribution is 7.10. The van der Waals surface area contributed by atoms with E-state index in [1.54, 1.807) is 11.3 Å². The summed E-state index contributed by atoms with van der Waals surface area (Å²) < 4.78 is 0. The van der Waals surface area contributed by atoms with E-state index < -0.39 is 6.10 Å². The minimum Gasteiger partial charge on any atom is -0.386 e. The maximum Gasteiger partial charge on any atom is 0.108 e. The number of thiophene rings is 1. The summed E-state index contributed by atoms with van der Waals surface area (Å²) in [5.74, 6) is 0. The summed E-state index contributed by atoms with van der Waals surface area (Å²) in [6.45, 7) is 6.31. The maximum absolute atomic E-state index is 10.9. The normalized spacial score (nSPS) is 20.5. The van der Waals surface area contributed by atoms with Crippen LogP contribution in [-0.2, 0) is 0 Å². The van der Waals surface area contributed by atoms with Crippen molar-refractivity contribution < 1.29 is 5.11 Å². The first-order valence-electron chi connectivity index (χ1n) is 6.81. The summed E-state index contributed by atoms with van der Waals surface area (Å²) >= 11 is 7.77. The van der Waals surface area contributed by atoms with Gasteiger partial charge >= 0.3 is 0 Å². The third-order valence-electron chi connectivity index (χ3n) is 4.26. The lowest BCUT2D eigenvalue weighted by atomic mass is 9.87. The Labute approximate surface area is 119 Å². The molecule has 2 rings (SSSR count). The number of halogens is 1. The van der Waals surface area contributed by atoms with Gasteiger partial charge in [-0.3, -0.25) is 4.90 Å². The average Bonchev–Trinajstić information content (AvgIpc) is 3.00. The quantitative estimate of drug-likeness (QED) is 0.882. The Kier molecular flexibility index (Phi) is 4.70. The zero-order chi connectivity index (χ0) is 13.2. The zero-order valence-corrected chi connectivity index (χ0v) is 12.7. The topological polar surface area (TPSA) is 23.5 Å². The van der Waals surface area contributed by atoms with Gasteiger partial charge in [-0.25, -0.2) is 0 Å². The van der Waals surface area contributed by atoms with Gasteiger partial charge in [-0.15, -0.1) is 11.3 Å². The van der Waals surface area contributed by atoms with Crippen molar-refractivity contribution in [2.24, 2.45) is 0 Å². The molecule has 1 atom stereocenters. The second-order valence-corrected chi connectivity index (χ2v) is 6.37. The summed E-state index contributed by atoms with van der Waals surface area (Å²) in [6, 6.07) is 1.88. The minimum absolute atomic E-state index is 0.0992. The molecular weight excluding hydrogens is 266 g/mol. The molecule has 4 heteroatoms. The first-order valence-corrected chi connectivity index (χ1v) is 8.07. The van der Waals surface area contributed by atoms with Gasteiger partial charge in [0.05, 0.1) is 15.4 Å². The van der Waals surface area contributed by atoms with E-state index >= 15 is 0 Å². The molecule has 0 radical (unpaired) electrons. The molecule has 1 heterocycles. The molecular formula is C14H22ClNOS. The van der Waals surface area contributed by atoms with Crippen LogP contribution in [0.15, 0.2) is 11.4 Å². The molecule has 0 bridgehead atoms. The van der Waals surface area contributed by atoms with E-state index in [1.165, 1.54) is 12.8 Å². The van der Waals surface area contributed by atoms with Crippen molar-refractivity contribution in [2.45, 2.75) is 51.2 Å². The lowest BCUT2D eigenvalue weighted by Gasteiger charge is -2.43. The summed E-state index contributed by atoms with van der Waals surface area (Å²) in [4.78, 5) is 3.35. The van der Waals surface area contributed by atoms with Crippen LogP contribution in [0.4, 0.5) is 0 Å². The Morgan fingerprint density at radius 1 is 1.39 bits per heavy atom. The Bertz CT molecular complexity index is 383. The minimum atomic E-state index is -0.451. The van der Waals surface area contributed by atoms with E-state index in [4.69, 9.17) is 11.6 Å². The molecule has 1 N–H and O–H groups in total. The molecule has 1 aliphatic rings. The molecule has 1 unspecified atom stereocenters. The predicted molar refractivity (Wildman–Crippen MR) is 78.4 cm³/mol. The lowest BCUT2D eigenvalue weighted by Crippen LogP contribution is -2.50. The highest BCUT2D eigenvalue weighted by Crippen LogP contribution is 2.47. The highest BCUT2D eigenvalue weighted by atomic mass is 35.5. The summed E-state index contributed by atoms with van der Waals surface area (Å²) in [5, 5.41) is 13.5. The van der Waals surface area contributed by atoms with Gasteiger partial charge in [0.1, 0.15) is 6.10 Å². The Balaban J connectivity index is 2.33. The van der Waals surface area contributed by atoms with Gasteiger partial charge in [-0.05, 0) is 37.4 Å².